The van der Waals surface area contributed by atoms with E-state index in [9.17, 15) is 37.6 Å². The molecule has 6 rings (SSSR count). The number of benzene rings is 2. The summed E-state index contributed by atoms with van der Waals surface area (Å²) in [4.78, 5) is 59.3. The van der Waals surface area contributed by atoms with Gasteiger partial charge >= 0.3 is 12.2 Å². The van der Waals surface area contributed by atoms with Crippen molar-refractivity contribution in [2.45, 2.75) is 95.7 Å². The summed E-state index contributed by atoms with van der Waals surface area (Å²) in [6, 6.07) is 11.5. The first kappa shape index (κ1) is 43.8. The Labute approximate surface area is 341 Å². The largest absolute Gasteiger partial charge is 0.417 e. The molecule has 2 aromatic rings. The lowest BCUT2D eigenvalue weighted by atomic mass is 9.89. The maximum absolute atomic E-state index is 13.7. The summed E-state index contributed by atoms with van der Waals surface area (Å²) in [5.41, 5.74) is -1.45. The molecule has 18 heteroatoms. The van der Waals surface area contributed by atoms with Gasteiger partial charge in [0, 0.05) is 62.1 Å². The number of halogens is 4. The first-order valence-electron chi connectivity index (χ1n) is 18.9. The first-order chi connectivity index (χ1) is 26.5. The zero-order chi connectivity index (χ0) is 40.5. The third-order valence-corrected chi connectivity index (χ3v) is 11.6. The van der Waals surface area contributed by atoms with Crippen molar-refractivity contribution in [2.24, 2.45) is 0 Å². The molecule has 1 saturated carbocycles. The quantitative estimate of drug-likeness (QED) is 0.294. The molecule has 3 heterocycles. The number of rotatable bonds is 10. The number of alkyl halides is 3. The molecule has 1 aliphatic carbocycles. The number of carbonyl (C=O) groups is 4. The van der Waals surface area contributed by atoms with E-state index in [0.29, 0.717) is 37.4 Å². The number of nitrogens with one attached hydrogen (secondary N) is 2. The second-order valence-electron chi connectivity index (χ2n) is 15.5. The number of nitrogens with zero attached hydrogens (tertiary/aromatic N) is 6. The fourth-order valence-corrected chi connectivity index (χ4v) is 8.90. The van der Waals surface area contributed by atoms with Crippen molar-refractivity contribution in [3.8, 4) is 6.07 Å². The number of thiocarbonyl (C=S) groups is 1. The summed E-state index contributed by atoms with van der Waals surface area (Å²) in [5.74, 6) is -0.848. The molecule has 0 aromatic heterocycles. The number of hydrogen-bond donors (Lipinski definition) is 2. The Bertz CT molecular complexity index is 1890. The van der Waals surface area contributed by atoms with Crippen LogP contribution in [0.1, 0.15) is 70.9 Å². The lowest BCUT2D eigenvalue weighted by molar-refractivity contribution is -0.137. The maximum atomic E-state index is 13.7. The molecule has 4 fully saturated rings. The number of nitriles is 1. The molecule has 0 unspecified atom stereocenters. The maximum Gasteiger partial charge on any atom is 0.417 e. The van der Waals surface area contributed by atoms with Crippen LogP contribution in [-0.2, 0) is 25.3 Å². The number of urea groups is 1. The Morgan fingerprint density at radius 1 is 1.02 bits per heavy atom. The van der Waals surface area contributed by atoms with E-state index in [4.69, 9.17) is 17.0 Å². The van der Waals surface area contributed by atoms with E-state index >= 15 is 0 Å². The van der Waals surface area contributed by atoms with Crippen LogP contribution in [0.5, 0.6) is 0 Å². The minimum Gasteiger partial charge on any atom is -0.377 e. The zero-order valence-corrected chi connectivity index (χ0v) is 33.9. The molecule has 3 aliphatic heterocycles. The molecule has 57 heavy (non-hydrogen) atoms. The summed E-state index contributed by atoms with van der Waals surface area (Å²) in [5, 5.41) is 14.6. The summed E-state index contributed by atoms with van der Waals surface area (Å²) < 4.78 is 47.5. The number of imide groups is 1. The third-order valence-electron chi connectivity index (χ3n) is 11.2. The van der Waals surface area contributed by atoms with Crippen LogP contribution in [0, 0.1) is 11.3 Å². The number of piperazine rings is 1. The van der Waals surface area contributed by atoms with Crippen molar-refractivity contribution in [2.75, 3.05) is 54.4 Å². The summed E-state index contributed by atoms with van der Waals surface area (Å²) >= 11 is 5.73. The first-order valence-corrected chi connectivity index (χ1v) is 19.3. The van der Waals surface area contributed by atoms with Crippen molar-refractivity contribution in [3.05, 3.63) is 53.6 Å². The Morgan fingerprint density at radius 2 is 1.65 bits per heavy atom. The highest BCUT2D eigenvalue weighted by Crippen LogP contribution is 2.40. The van der Waals surface area contributed by atoms with Crippen LogP contribution in [0.4, 0.5) is 35.0 Å². The van der Waals surface area contributed by atoms with Crippen LogP contribution < -0.4 is 20.4 Å². The predicted molar refractivity (Wildman–Crippen MR) is 214 cm³/mol. The molecular formula is C39H48ClF3N8O5S. The zero-order valence-electron chi connectivity index (χ0n) is 32.3. The topological polar surface area (TPSA) is 142 Å². The molecule has 2 N–H and O–H groups in total. The van der Waals surface area contributed by atoms with Crippen molar-refractivity contribution in [1.29, 1.82) is 5.26 Å². The van der Waals surface area contributed by atoms with E-state index in [1.165, 1.54) is 11.0 Å². The predicted octanol–water partition coefficient (Wildman–Crippen LogP) is 5.52. The van der Waals surface area contributed by atoms with Gasteiger partial charge in [-0.2, -0.15) is 18.4 Å². The Morgan fingerprint density at radius 3 is 2.25 bits per heavy atom. The molecule has 0 radical (unpaired) electrons. The van der Waals surface area contributed by atoms with Gasteiger partial charge in [-0.25, -0.2) is 4.79 Å². The molecule has 13 nitrogen and oxygen atoms in total. The normalized spacial score (nSPS) is 24.6. The van der Waals surface area contributed by atoms with Gasteiger partial charge in [-0.3, -0.25) is 39.3 Å². The molecule has 308 valence electrons. The van der Waals surface area contributed by atoms with Crippen LogP contribution in [-0.4, -0.2) is 113 Å². The lowest BCUT2D eigenvalue weighted by Gasteiger charge is -2.44. The second kappa shape index (κ2) is 17.7. The number of ether oxygens (including phenoxy) is 1. The van der Waals surface area contributed by atoms with Crippen LogP contribution in [0.25, 0.3) is 0 Å². The van der Waals surface area contributed by atoms with Crippen molar-refractivity contribution in [3.63, 3.8) is 0 Å². The van der Waals surface area contributed by atoms with Gasteiger partial charge in [0.1, 0.15) is 5.54 Å². The van der Waals surface area contributed by atoms with E-state index in [0.717, 1.165) is 49.5 Å². The smallest absolute Gasteiger partial charge is 0.377 e. The average molecular weight is 833 g/mol. The van der Waals surface area contributed by atoms with Crippen molar-refractivity contribution in [1.82, 2.24) is 20.0 Å². The van der Waals surface area contributed by atoms with Gasteiger partial charge in [0.05, 0.1) is 42.1 Å². The SMILES string of the molecule is C[C@@H]1CN(CCO[C@H]2CC[C@H](N3C(=S)N(c4ccc(C#N)c(C(F)(F)F)c4)C(=O)C3(C)C)CC2)C[C@H](C)N1CC(=O)Nc1ccc(N2CCC(=O)NC2=O)cc1.Cl. The Balaban J connectivity index is 0.00000620. The molecule has 2 aromatic carbocycles. The third kappa shape index (κ3) is 9.52. The fraction of sp³-hybridized carbons (Fsp3) is 0.538. The van der Waals surface area contributed by atoms with Gasteiger partial charge < -0.3 is 15.0 Å². The molecule has 0 bridgehead atoms. The van der Waals surface area contributed by atoms with Gasteiger partial charge in [0.15, 0.2) is 5.11 Å². The highest BCUT2D eigenvalue weighted by molar-refractivity contribution is 7.80. The van der Waals surface area contributed by atoms with Gasteiger partial charge in [-0.05, 0) is 108 Å². The van der Waals surface area contributed by atoms with Crippen molar-refractivity contribution >= 4 is 70.6 Å². The summed E-state index contributed by atoms with van der Waals surface area (Å²) in [7, 11) is 0. The van der Waals surface area contributed by atoms with Gasteiger partial charge in [-0.15, -0.1) is 12.4 Å². The molecule has 0 spiro atoms. The number of amides is 5. The van der Waals surface area contributed by atoms with Gasteiger partial charge in [-0.1, -0.05) is 0 Å². The van der Waals surface area contributed by atoms with Crippen molar-refractivity contribution < 1.29 is 37.1 Å². The molecule has 5 amide bonds. The Hall–Kier alpha value is -4.34. The van der Waals surface area contributed by atoms with Crippen LogP contribution in [0.2, 0.25) is 0 Å². The highest BCUT2D eigenvalue weighted by atomic mass is 35.5. The average Bonchev–Trinajstić information content (AvgIpc) is 3.32. The fourth-order valence-electron chi connectivity index (χ4n) is 8.33. The minimum atomic E-state index is -4.76. The lowest BCUT2D eigenvalue weighted by Crippen LogP contribution is -2.58. The number of carbonyl (C=O) groups excluding carboxylic acids is 4. The monoisotopic (exact) mass is 832 g/mol. The van der Waals surface area contributed by atoms with E-state index in [2.05, 4.69) is 34.3 Å². The van der Waals surface area contributed by atoms with Crippen LogP contribution >= 0.6 is 24.6 Å². The van der Waals surface area contributed by atoms with Crippen LogP contribution in [0.3, 0.4) is 0 Å². The molecular weight excluding hydrogens is 785 g/mol. The van der Waals surface area contributed by atoms with E-state index in [-0.39, 0.29) is 72.2 Å². The Kier molecular flexibility index (Phi) is 13.6. The van der Waals surface area contributed by atoms with E-state index < -0.39 is 34.8 Å². The standard InChI is InChI=1S/C39H47F3N8O5S.ClH/c1-24-21-46(22-25(2)48(24)23-34(52)44-27-6-9-28(10-7-27)47-16-15-33(51)45-36(47)54)17-18-55-31-13-11-29(12-14-31)50-37(56)49(35(53)38(50,3)4)30-8-5-26(20-43)32(19-30)39(40,41)42;/h5-10,19,24-25,29,31H,11-18,21-23H2,1-4H3,(H,44,52)(H,45,51,54);1H/t24-,25+,29-,31-;. The number of hydrogen-bond acceptors (Lipinski definition) is 9. The minimum absolute atomic E-state index is 0. The van der Waals surface area contributed by atoms with Gasteiger partial charge in [0.25, 0.3) is 5.91 Å². The molecule has 2 atom stereocenters. The molecule has 4 aliphatic rings. The second-order valence-corrected chi connectivity index (χ2v) is 15.8. The molecule has 3 saturated heterocycles. The van der Waals surface area contributed by atoms with E-state index in [1.54, 1.807) is 44.2 Å². The summed E-state index contributed by atoms with van der Waals surface area (Å²) in [6.07, 6.45) is -1.61. The number of anilines is 3. The van der Waals surface area contributed by atoms with Crippen LogP contribution in [0.15, 0.2) is 42.5 Å². The van der Waals surface area contributed by atoms with E-state index in [1.807, 2.05) is 4.90 Å². The summed E-state index contributed by atoms with van der Waals surface area (Å²) in [6.45, 7) is 11.0. The van der Waals surface area contributed by atoms with Gasteiger partial charge in [0.2, 0.25) is 11.8 Å². The highest BCUT2D eigenvalue weighted by Gasteiger charge is 2.52.